The number of piperazine rings is 1. The minimum atomic E-state index is 0.660. The van der Waals surface area contributed by atoms with E-state index in [0.29, 0.717) is 6.61 Å². The van der Waals surface area contributed by atoms with Crippen molar-refractivity contribution >= 4 is 6.72 Å². The summed E-state index contributed by atoms with van der Waals surface area (Å²) in [6.45, 7) is 9.46. The van der Waals surface area contributed by atoms with Gasteiger partial charge in [-0.15, -0.1) is 5.16 Å². The second kappa shape index (κ2) is 5.11. The number of rotatable bonds is 4. The molecule has 1 saturated heterocycles. The van der Waals surface area contributed by atoms with Crippen LogP contribution in [0.2, 0.25) is 0 Å². The zero-order valence-corrected chi connectivity index (χ0v) is 7.70. The summed E-state index contributed by atoms with van der Waals surface area (Å²) >= 11 is 0. The summed E-state index contributed by atoms with van der Waals surface area (Å²) in [4.78, 5) is 9.54. The second-order valence-electron chi connectivity index (χ2n) is 3.11. The van der Waals surface area contributed by atoms with Crippen LogP contribution >= 0.6 is 0 Å². The van der Waals surface area contributed by atoms with E-state index in [1.807, 2.05) is 0 Å². The van der Waals surface area contributed by atoms with Gasteiger partial charge in [0.1, 0.15) is 6.61 Å². The van der Waals surface area contributed by atoms with Crippen molar-refractivity contribution in [2.24, 2.45) is 5.16 Å². The molecule has 1 heterocycles. The second-order valence-corrected chi connectivity index (χ2v) is 3.11. The Balaban J connectivity index is 2.05. The lowest BCUT2D eigenvalue weighted by Crippen LogP contribution is -2.45. The van der Waals surface area contributed by atoms with E-state index in [2.05, 4.69) is 28.7 Å². The average molecular weight is 171 g/mol. The molecule has 4 heteroatoms. The Morgan fingerprint density at radius 2 is 2.00 bits per heavy atom. The fourth-order valence-corrected chi connectivity index (χ4v) is 1.31. The first-order valence-corrected chi connectivity index (χ1v) is 4.32. The molecule has 1 fully saturated rings. The first-order valence-electron chi connectivity index (χ1n) is 4.32. The van der Waals surface area contributed by atoms with Gasteiger partial charge in [-0.25, -0.2) is 0 Å². The largest absolute Gasteiger partial charge is 0.395 e. The molecule has 4 nitrogen and oxygen atoms in total. The number of likely N-dealkylation sites (N-methyl/N-ethyl adjacent to an activating group) is 1. The van der Waals surface area contributed by atoms with E-state index in [4.69, 9.17) is 4.84 Å². The molecule has 0 unspecified atom stereocenters. The Morgan fingerprint density at radius 1 is 1.33 bits per heavy atom. The third-order valence-corrected chi connectivity index (χ3v) is 2.19. The molecule has 0 radical (unpaired) electrons. The fourth-order valence-electron chi connectivity index (χ4n) is 1.31. The minimum absolute atomic E-state index is 0.660. The first-order chi connectivity index (χ1) is 5.83. The molecular formula is C8H17N3O. The zero-order chi connectivity index (χ0) is 8.81. The van der Waals surface area contributed by atoms with Gasteiger partial charge in [-0.3, -0.25) is 4.90 Å². The fraction of sp³-hybridized carbons (Fsp3) is 0.875. The van der Waals surface area contributed by atoms with Crippen LogP contribution in [0.4, 0.5) is 0 Å². The maximum absolute atomic E-state index is 4.82. The molecule has 1 aliphatic rings. The summed E-state index contributed by atoms with van der Waals surface area (Å²) < 4.78 is 0. The number of hydrogen-bond donors (Lipinski definition) is 0. The summed E-state index contributed by atoms with van der Waals surface area (Å²) in [6, 6.07) is 0. The summed E-state index contributed by atoms with van der Waals surface area (Å²) in [5.41, 5.74) is 0. The third kappa shape index (κ3) is 3.19. The van der Waals surface area contributed by atoms with E-state index in [1.54, 1.807) is 0 Å². The van der Waals surface area contributed by atoms with Crippen LogP contribution in [0.25, 0.3) is 0 Å². The maximum atomic E-state index is 4.82. The van der Waals surface area contributed by atoms with Gasteiger partial charge >= 0.3 is 0 Å². The van der Waals surface area contributed by atoms with E-state index in [0.717, 1.165) is 32.7 Å². The smallest absolute Gasteiger partial charge is 0.129 e. The van der Waals surface area contributed by atoms with Gasteiger partial charge in [-0.05, 0) is 7.05 Å². The first kappa shape index (κ1) is 9.48. The maximum Gasteiger partial charge on any atom is 0.129 e. The molecule has 0 N–H and O–H groups in total. The van der Waals surface area contributed by atoms with Crippen LogP contribution in [0.3, 0.4) is 0 Å². The molecule has 0 bridgehead atoms. The van der Waals surface area contributed by atoms with Crippen molar-refractivity contribution in [3.05, 3.63) is 0 Å². The van der Waals surface area contributed by atoms with E-state index in [9.17, 15) is 0 Å². The van der Waals surface area contributed by atoms with Gasteiger partial charge in [0.05, 0.1) is 0 Å². The number of nitrogens with zero attached hydrogens (tertiary/aromatic N) is 3. The SMILES string of the molecule is C=NOCCN1CCN(C)CC1. The predicted octanol–water partition coefficient (Wildman–Crippen LogP) is -0.134. The lowest BCUT2D eigenvalue weighted by atomic mass is 10.3. The minimum Gasteiger partial charge on any atom is -0.395 e. The van der Waals surface area contributed by atoms with E-state index >= 15 is 0 Å². The molecule has 0 aromatic heterocycles. The van der Waals surface area contributed by atoms with Crippen LogP contribution in [0.1, 0.15) is 0 Å². The van der Waals surface area contributed by atoms with Crippen molar-refractivity contribution < 1.29 is 4.84 Å². The summed E-state index contributed by atoms with van der Waals surface area (Å²) in [5, 5.41) is 3.35. The molecule has 0 amide bonds. The third-order valence-electron chi connectivity index (χ3n) is 2.19. The monoisotopic (exact) mass is 171 g/mol. The van der Waals surface area contributed by atoms with Crippen LogP contribution in [0.15, 0.2) is 5.16 Å². The molecule has 0 atom stereocenters. The quantitative estimate of drug-likeness (QED) is 0.335. The molecule has 12 heavy (non-hydrogen) atoms. The van der Waals surface area contributed by atoms with Crippen LogP contribution < -0.4 is 0 Å². The molecule has 0 spiro atoms. The van der Waals surface area contributed by atoms with Crippen LogP contribution in [-0.2, 0) is 4.84 Å². The van der Waals surface area contributed by atoms with Gasteiger partial charge in [0.15, 0.2) is 0 Å². The lowest BCUT2D eigenvalue weighted by Gasteiger charge is -2.31. The molecule has 70 valence electrons. The Kier molecular flexibility index (Phi) is 4.04. The van der Waals surface area contributed by atoms with Crippen molar-refractivity contribution in [2.75, 3.05) is 46.4 Å². The summed E-state index contributed by atoms with van der Waals surface area (Å²) in [6.07, 6.45) is 0. The number of oxime groups is 1. The van der Waals surface area contributed by atoms with Crippen LogP contribution in [0, 0.1) is 0 Å². The topological polar surface area (TPSA) is 28.1 Å². The molecule has 1 aliphatic heterocycles. The zero-order valence-electron chi connectivity index (χ0n) is 7.70. The highest BCUT2D eigenvalue weighted by Gasteiger charge is 2.12. The van der Waals surface area contributed by atoms with Gasteiger partial charge in [0.2, 0.25) is 0 Å². The van der Waals surface area contributed by atoms with E-state index in [1.165, 1.54) is 0 Å². The number of hydrogen-bond acceptors (Lipinski definition) is 4. The van der Waals surface area contributed by atoms with Gasteiger partial charge < -0.3 is 9.74 Å². The molecule has 0 saturated carbocycles. The Hall–Kier alpha value is -0.610. The highest BCUT2D eigenvalue weighted by molar-refractivity contribution is 5.21. The standard InChI is InChI=1S/C8H17N3O/c1-9-12-8-7-11-5-3-10(2)4-6-11/h1,3-8H2,2H3. The van der Waals surface area contributed by atoms with E-state index in [-0.39, 0.29) is 0 Å². The molecule has 0 aromatic carbocycles. The van der Waals surface area contributed by atoms with E-state index < -0.39 is 0 Å². The highest BCUT2D eigenvalue weighted by Crippen LogP contribution is 1.97. The lowest BCUT2D eigenvalue weighted by molar-refractivity contribution is 0.0873. The Labute approximate surface area is 73.8 Å². The van der Waals surface area contributed by atoms with Crippen LogP contribution in [0.5, 0.6) is 0 Å². The molecule has 1 rings (SSSR count). The van der Waals surface area contributed by atoms with Crippen LogP contribution in [-0.4, -0.2) is 62.9 Å². The normalized spacial score (nSPS) is 20.8. The van der Waals surface area contributed by atoms with Crippen molar-refractivity contribution in [3.8, 4) is 0 Å². The highest BCUT2D eigenvalue weighted by atomic mass is 16.6. The van der Waals surface area contributed by atoms with Crippen molar-refractivity contribution in [1.29, 1.82) is 0 Å². The van der Waals surface area contributed by atoms with Gasteiger partial charge in [-0.1, -0.05) is 0 Å². The summed E-state index contributed by atoms with van der Waals surface area (Å²) in [7, 11) is 2.15. The van der Waals surface area contributed by atoms with Crippen molar-refractivity contribution in [1.82, 2.24) is 9.80 Å². The molecule has 0 aromatic rings. The van der Waals surface area contributed by atoms with Crippen molar-refractivity contribution in [3.63, 3.8) is 0 Å². The van der Waals surface area contributed by atoms with Crippen molar-refractivity contribution in [2.45, 2.75) is 0 Å². The Bertz CT molecular complexity index is 132. The average Bonchev–Trinajstić information content (AvgIpc) is 2.09. The molecule has 0 aliphatic carbocycles. The Morgan fingerprint density at radius 3 is 2.58 bits per heavy atom. The van der Waals surface area contributed by atoms with Gasteiger partial charge in [0.25, 0.3) is 0 Å². The van der Waals surface area contributed by atoms with Gasteiger partial charge in [-0.2, -0.15) is 0 Å². The summed E-state index contributed by atoms with van der Waals surface area (Å²) in [5.74, 6) is 0. The molecular weight excluding hydrogens is 154 g/mol. The predicted molar refractivity (Wildman–Crippen MR) is 49.4 cm³/mol. The van der Waals surface area contributed by atoms with Gasteiger partial charge in [0, 0.05) is 39.4 Å².